The zero-order valence-electron chi connectivity index (χ0n) is 11.5. The summed E-state index contributed by atoms with van der Waals surface area (Å²) in [4.78, 5) is 13.3. The number of hydrogen-bond donors (Lipinski definition) is 0. The van der Waals surface area contributed by atoms with Gasteiger partial charge in [-0.3, -0.25) is 0 Å². The van der Waals surface area contributed by atoms with E-state index in [0.717, 1.165) is 41.9 Å². The number of piperazine rings is 1. The van der Waals surface area contributed by atoms with Gasteiger partial charge < -0.3 is 9.80 Å². The molecule has 0 N–H and O–H groups in total. The van der Waals surface area contributed by atoms with Crippen LogP contribution in [0.2, 0.25) is 0 Å². The highest BCUT2D eigenvalue weighted by atomic mass is 79.9. The molecule has 1 saturated heterocycles. The van der Waals surface area contributed by atoms with Crippen LogP contribution in [-0.2, 0) is 5.33 Å². The maximum Gasteiger partial charge on any atom is 0.225 e. The molecule has 0 radical (unpaired) electrons. The second-order valence-corrected chi connectivity index (χ2v) is 6.41. The van der Waals surface area contributed by atoms with Crippen LogP contribution in [-0.4, -0.2) is 36.1 Å². The van der Waals surface area contributed by atoms with Crippen molar-refractivity contribution in [3.8, 4) is 0 Å². The van der Waals surface area contributed by atoms with Crippen molar-refractivity contribution >= 4 is 43.5 Å². The standard InChI is InChI=1S/C15H16Br2N4/c16-11-12-10-13(17)2-3-14(12)20-6-8-21(9-7-20)15-18-4-1-5-19-15/h1-5,10H,6-9,11H2. The molecule has 2 aromatic rings. The van der Waals surface area contributed by atoms with Crippen LogP contribution in [0, 0.1) is 0 Å². The summed E-state index contributed by atoms with van der Waals surface area (Å²) in [7, 11) is 0. The molecule has 0 saturated carbocycles. The number of aromatic nitrogens is 2. The van der Waals surface area contributed by atoms with E-state index in [1.165, 1.54) is 11.3 Å². The fourth-order valence-electron chi connectivity index (χ4n) is 2.57. The lowest BCUT2D eigenvalue weighted by Gasteiger charge is -2.36. The van der Waals surface area contributed by atoms with Crippen molar-refractivity contribution in [3.63, 3.8) is 0 Å². The first kappa shape index (κ1) is 14.8. The number of halogens is 2. The van der Waals surface area contributed by atoms with Gasteiger partial charge in [-0.05, 0) is 29.8 Å². The van der Waals surface area contributed by atoms with Crippen molar-refractivity contribution in [1.82, 2.24) is 9.97 Å². The molecule has 0 bridgehead atoms. The summed E-state index contributed by atoms with van der Waals surface area (Å²) in [6.07, 6.45) is 3.60. The normalized spacial score (nSPS) is 15.3. The van der Waals surface area contributed by atoms with Crippen molar-refractivity contribution < 1.29 is 0 Å². The monoisotopic (exact) mass is 410 g/mol. The summed E-state index contributed by atoms with van der Waals surface area (Å²) in [5, 5.41) is 0.865. The minimum atomic E-state index is 0.827. The number of hydrogen-bond acceptors (Lipinski definition) is 4. The van der Waals surface area contributed by atoms with Gasteiger partial charge in [-0.2, -0.15) is 0 Å². The van der Waals surface area contributed by atoms with E-state index in [1.807, 2.05) is 6.07 Å². The highest BCUT2D eigenvalue weighted by molar-refractivity contribution is 9.10. The second kappa shape index (κ2) is 6.75. The molecule has 3 rings (SSSR count). The van der Waals surface area contributed by atoms with Crippen molar-refractivity contribution in [2.75, 3.05) is 36.0 Å². The van der Waals surface area contributed by atoms with Crippen molar-refractivity contribution in [2.45, 2.75) is 5.33 Å². The Morgan fingerprint density at radius 1 is 1.00 bits per heavy atom. The number of anilines is 2. The number of alkyl halides is 1. The first-order valence-electron chi connectivity index (χ1n) is 6.89. The Hall–Kier alpha value is -1.14. The van der Waals surface area contributed by atoms with Crippen LogP contribution >= 0.6 is 31.9 Å². The van der Waals surface area contributed by atoms with Crippen LogP contribution in [0.5, 0.6) is 0 Å². The van der Waals surface area contributed by atoms with Gasteiger partial charge in [0.25, 0.3) is 0 Å². The Kier molecular flexibility index (Phi) is 4.75. The molecular formula is C15H16Br2N4. The predicted octanol–water partition coefficient (Wildman–Crippen LogP) is 3.46. The smallest absolute Gasteiger partial charge is 0.225 e. The van der Waals surface area contributed by atoms with Crippen LogP contribution in [0.1, 0.15) is 5.56 Å². The summed E-state index contributed by atoms with van der Waals surface area (Å²) in [5.41, 5.74) is 2.62. The van der Waals surface area contributed by atoms with E-state index in [4.69, 9.17) is 0 Å². The number of nitrogens with zero attached hydrogens (tertiary/aromatic N) is 4. The molecule has 2 heterocycles. The molecule has 0 aliphatic carbocycles. The molecule has 1 fully saturated rings. The quantitative estimate of drug-likeness (QED) is 0.724. The number of rotatable bonds is 3. The summed E-state index contributed by atoms with van der Waals surface area (Å²) < 4.78 is 1.12. The van der Waals surface area contributed by atoms with Gasteiger partial charge in [-0.1, -0.05) is 31.9 Å². The zero-order chi connectivity index (χ0) is 14.7. The van der Waals surface area contributed by atoms with E-state index in [0.29, 0.717) is 0 Å². The van der Waals surface area contributed by atoms with E-state index in [-0.39, 0.29) is 0 Å². The molecule has 0 unspecified atom stereocenters. The summed E-state index contributed by atoms with van der Waals surface area (Å²) >= 11 is 7.12. The third-order valence-electron chi connectivity index (χ3n) is 3.64. The largest absolute Gasteiger partial charge is 0.368 e. The molecule has 0 amide bonds. The topological polar surface area (TPSA) is 32.3 Å². The summed E-state index contributed by atoms with van der Waals surface area (Å²) in [5.74, 6) is 0.827. The van der Waals surface area contributed by atoms with Crippen LogP contribution in [0.4, 0.5) is 11.6 Å². The maximum absolute atomic E-state index is 4.33. The van der Waals surface area contributed by atoms with Gasteiger partial charge in [0.1, 0.15) is 0 Å². The minimum Gasteiger partial charge on any atom is -0.368 e. The number of benzene rings is 1. The van der Waals surface area contributed by atoms with Gasteiger partial charge in [-0.25, -0.2) is 9.97 Å². The molecule has 0 spiro atoms. The van der Waals surface area contributed by atoms with E-state index in [9.17, 15) is 0 Å². The van der Waals surface area contributed by atoms with Crippen molar-refractivity contribution in [1.29, 1.82) is 0 Å². The molecular weight excluding hydrogens is 396 g/mol. The van der Waals surface area contributed by atoms with Gasteiger partial charge in [0.15, 0.2) is 0 Å². The van der Waals surface area contributed by atoms with Gasteiger partial charge in [0, 0.05) is 54.1 Å². The Bertz CT molecular complexity index is 598. The molecule has 4 nitrogen and oxygen atoms in total. The van der Waals surface area contributed by atoms with Crippen LogP contribution < -0.4 is 9.80 Å². The Morgan fingerprint density at radius 2 is 1.67 bits per heavy atom. The molecule has 1 aliphatic heterocycles. The molecule has 6 heteroatoms. The lowest BCUT2D eigenvalue weighted by Crippen LogP contribution is -2.47. The van der Waals surface area contributed by atoms with Gasteiger partial charge in [-0.15, -0.1) is 0 Å². The predicted molar refractivity (Wildman–Crippen MR) is 93.2 cm³/mol. The average molecular weight is 412 g/mol. The lowest BCUT2D eigenvalue weighted by molar-refractivity contribution is 0.639. The fourth-order valence-corrected chi connectivity index (χ4v) is 3.43. The van der Waals surface area contributed by atoms with Crippen LogP contribution in [0.3, 0.4) is 0 Å². The van der Waals surface area contributed by atoms with E-state index in [2.05, 4.69) is 69.8 Å². The molecule has 21 heavy (non-hydrogen) atoms. The van der Waals surface area contributed by atoms with Crippen LogP contribution in [0.25, 0.3) is 0 Å². The minimum absolute atomic E-state index is 0.827. The summed E-state index contributed by atoms with van der Waals surface area (Å²) in [6.45, 7) is 3.86. The molecule has 0 atom stereocenters. The molecule has 1 aliphatic rings. The summed E-state index contributed by atoms with van der Waals surface area (Å²) in [6, 6.07) is 8.32. The van der Waals surface area contributed by atoms with E-state index >= 15 is 0 Å². The Labute approximate surface area is 141 Å². The molecule has 110 valence electrons. The van der Waals surface area contributed by atoms with E-state index in [1.54, 1.807) is 12.4 Å². The third kappa shape index (κ3) is 3.37. The SMILES string of the molecule is BrCc1cc(Br)ccc1N1CCN(c2ncccn2)CC1. The third-order valence-corrected chi connectivity index (χ3v) is 4.74. The highest BCUT2D eigenvalue weighted by Gasteiger charge is 2.20. The first-order valence-corrected chi connectivity index (χ1v) is 8.80. The van der Waals surface area contributed by atoms with Crippen molar-refractivity contribution in [3.05, 3.63) is 46.7 Å². The van der Waals surface area contributed by atoms with Crippen molar-refractivity contribution in [2.24, 2.45) is 0 Å². The maximum atomic E-state index is 4.33. The first-order chi connectivity index (χ1) is 10.3. The zero-order valence-corrected chi connectivity index (χ0v) is 14.7. The van der Waals surface area contributed by atoms with Crippen LogP contribution in [0.15, 0.2) is 41.1 Å². The van der Waals surface area contributed by atoms with Gasteiger partial charge in [0.05, 0.1) is 0 Å². The lowest BCUT2D eigenvalue weighted by atomic mass is 10.1. The average Bonchev–Trinajstić information content (AvgIpc) is 2.56. The highest BCUT2D eigenvalue weighted by Crippen LogP contribution is 2.27. The Balaban J connectivity index is 1.71. The molecule has 1 aromatic heterocycles. The Morgan fingerprint density at radius 3 is 2.33 bits per heavy atom. The second-order valence-electron chi connectivity index (χ2n) is 4.93. The van der Waals surface area contributed by atoms with E-state index < -0.39 is 0 Å². The van der Waals surface area contributed by atoms with Gasteiger partial charge >= 0.3 is 0 Å². The van der Waals surface area contributed by atoms with Gasteiger partial charge in [0.2, 0.25) is 5.95 Å². The molecule has 1 aromatic carbocycles. The fraction of sp³-hybridized carbons (Fsp3) is 0.333.